The van der Waals surface area contributed by atoms with Gasteiger partial charge in [-0.05, 0) is 18.6 Å². The summed E-state index contributed by atoms with van der Waals surface area (Å²) < 4.78 is 4.92. The Morgan fingerprint density at radius 2 is 1.94 bits per heavy atom. The van der Waals surface area contributed by atoms with Crippen molar-refractivity contribution in [2.75, 3.05) is 6.54 Å². The molecule has 1 aromatic rings. The molecule has 1 aromatic carbocycles. The zero-order valence-electron chi connectivity index (χ0n) is 8.68. The Hall–Kier alpha value is -2.04. The van der Waals surface area contributed by atoms with E-state index in [-0.39, 0.29) is 13.0 Å². The lowest BCUT2D eigenvalue weighted by Gasteiger charge is -2.05. The van der Waals surface area contributed by atoms with Crippen LogP contribution >= 0.6 is 0 Å². The second kappa shape index (κ2) is 6.44. The largest absolute Gasteiger partial charge is 0.481 e. The lowest BCUT2D eigenvalue weighted by molar-refractivity contribution is -0.137. The Morgan fingerprint density at radius 3 is 2.56 bits per heavy atom. The van der Waals surface area contributed by atoms with Crippen LogP contribution in [0.1, 0.15) is 12.8 Å². The first-order valence-electron chi connectivity index (χ1n) is 4.91. The van der Waals surface area contributed by atoms with Crippen molar-refractivity contribution in [3.8, 4) is 5.75 Å². The highest BCUT2D eigenvalue weighted by atomic mass is 16.6. The van der Waals surface area contributed by atoms with E-state index in [0.717, 1.165) is 0 Å². The topological polar surface area (TPSA) is 75.6 Å². The van der Waals surface area contributed by atoms with Gasteiger partial charge in [0.1, 0.15) is 5.75 Å². The van der Waals surface area contributed by atoms with E-state index in [1.807, 2.05) is 6.07 Å². The van der Waals surface area contributed by atoms with Crippen molar-refractivity contribution >= 4 is 12.1 Å². The number of hydrogen-bond acceptors (Lipinski definition) is 3. The number of nitrogens with one attached hydrogen (secondary N) is 1. The van der Waals surface area contributed by atoms with Gasteiger partial charge in [-0.1, -0.05) is 18.2 Å². The number of benzene rings is 1. The lowest BCUT2D eigenvalue weighted by Crippen LogP contribution is -2.28. The van der Waals surface area contributed by atoms with Crippen molar-refractivity contribution in [1.29, 1.82) is 0 Å². The zero-order chi connectivity index (χ0) is 11.8. The quantitative estimate of drug-likeness (QED) is 0.744. The highest BCUT2D eigenvalue weighted by Crippen LogP contribution is 2.07. The molecule has 0 aliphatic rings. The van der Waals surface area contributed by atoms with Crippen molar-refractivity contribution in [2.24, 2.45) is 0 Å². The Bertz CT molecular complexity index is 350. The van der Waals surface area contributed by atoms with Gasteiger partial charge in [0.25, 0.3) is 0 Å². The van der Waals surface area contributed by atoms with Crippen LogP contribution in [0.25, 0.3) is 0 Å². The molecule has 0 unspecified atom stereocenters. The molecule has 0 radical (unpaired) electrons. The second-order valence-corrected chi connectivity index (χ2v) is 3.13. The number of aliphatic carboxylic acids is 1. The molecule has 0 aliphatic carbocycles. The van der Waals surface area contributed by atoms with Crippen LogP contribution in [0.5, 0.6) is 5.75 Å². The number of hydrogen-bond donors (Lipinski definition) is 2. The number of carboxylic acids is 1. The van der Waals surface area contributed by atoms with Gasteiger partial charge in [-0.3, -0.25) is 4.79 Å². The fourth-order valence-electron chi connectivity index (χ4n) is 1.06. The molecule has 1 amide bonds. The number of ether oxygens (including phenoxy) is 1. The number of para-hydroxylation sites is 1. The predicted molar refractivity (Wildman–Crippen MR) is 57.3 cm³/mol. The van der Waals surface area contributed by atoms with Crippen LogP contribution in [0.15, 0.2) is 30.3 Å². The van der Waals surface area contributed by atoms with Gasteiger partial charge in [0, 0.05) is 13.0 Å². The Labute approximate surface area is 93.0 Å². The van der Waals surface area contributed by atoms with Gasteiger partial charge in [0.2, 0.25) is 0 Å². The summed E-state index contributed by atoms with van der Waals surface area (Å²) in [6, 6.07) is 8.66. The van der Waals surface area contributed by atoms with Gasteiger partial charge >= 0.3 is 12.1 Å². The smallest absolute Gasteiger partial charge is 0.412 e. The number of rotatable bonds is 5. The summed E-state index contributed by atoms with van der Waals surface area (Å²) in [7, 11) is 0. The van der Waals surface area contributed by atoms with E-state index in [4.69, 9.17) is 9.84 Å². The first-order valence-corrected chi connectivity index (χ1v) is 4.91. The van der Waals surface area contributed by atoms with E-state index in [1.165, 1.54) is 0 Å². The fraction of sp³-hybridized carbons (Fsp3) is 0.273. The van der Waals surface area contributed by atoms with Crippen LogP contribution in [0.4, 0.5) is 4.79 Å². The summed E-state index contributed by atoms with van der Waals surface area (Å²) in [5.41, 5.74) is 0. The maximum Gasteiger partial charge on any atom is 0.412 e. The molecular weight excluding hydrogens is 210 g/mol. The molecular formula is C11H13NO4. The summed E-state index contributed by atoms with van der Waals surface area (Å²) in [6.07, 6.45) is -0.151. The Kier molecular flexibility index (Phi) is 4.85. The van der Waals surface area contributed by atoms with Gasteiger partial charge in [0.05, 0.1) is 0 Å². The third-order valence-corrected chi connectivity index (χ3v) is 1.79. The molecule has 0 bridgehead atoms. The van der Waals surface area contributed by atoms with Crippen LogP contribution in [-0.2, 0) is 4.79 Å². The van der Waals surface area contributed by atoms with Gasteiger partial charge in [-0.2, -0.15) is 0 Å². The maximum atomic E-state index is 11.2. The van der Waals surface area contributed by atoms with Gasteiger partial charge in [0.15, 0.2) is 0 Å². The maximum absolute atomic E-state index is 11.2. The van der Waals surface area contributed by atoms with Crippen molar-refractivity contribution in [1.82, 2.24) is 5.32 Å². The first kappa shape index (κ1) is 12.0. The van der Waals surface area contributed by atoms with Crippen LogP contribution in [0.2, 0.25) is 0 Å². The Balaban J connectivity index is 2.19. The molecule has 1 rings (SSSR count). The third-order valence-electron chi connectivity index (χ3n) is 1.79. The van der Waals surface area contributed by atoms with Crippen LogP contribution in [-0.4, -0.2) is 23.7 Å². The van der Waals surface area contributed by atoms with Crippen molar-refractivity contribution < 1.29 is 19.4 Å². The summed E-state index contributed by atoms with van der Waals surface area (Å²) in [5.74, 6) is -0.420. The van der Waals surface area contributed by atoms with Gasteiger partial charge in [-0.15, -0.1) is 0 Å². The van der Waals surface area contributed by atoms with E-state index in [9.17, 15) is 9.59 Å². The Morgan fingerprint density at radius 1 is 1.25 bits per heavy atom. The van der Waals surface area contributed by atoms with Crippen LogP contribution < -0.4 is 10.1 Å². The molecule has 0 aromatic heterocycles. The molecule has 0 fully saturated rings. The summed E-state index contributed by atoms with van der Waals surface area (Å²) in [5, 5.41) is 10.8. The molecule has 86 valence electrons. The molecule has 5 heteroatoms. The zero-order valence-corrected chi connectivity index (χ0v) is 8.68. The van der Waals surface area contributed by atoms with E-state index in [2.05, 4.69) is 5.32 Å². The van der Waals surface area contributed by atoms with Crippen molar-refractivity contribution in [3.63, 3.8) is 0 Å². The van der Waals surface area contributed by atoms with Gasteiger partial charge in [-0.25, -0.2) is 4.79 Å². The minimum atomic E-state index is -0.877. The molecule has 0 aliphatic heterocycles. The number of carboxylic acid groups (broad SMARTS) is 1. The molecule has 0 atom stereocenters. The average Bonchev–Trinajstić information content (AvgIpc) is 2.25. The van der Waals surface area contributed by atoms with E-state index >= 15 is 0 Å². The molecule has 0 saturated carbocycles. The van der Waals surface area contributed by atoms with E-state index in [1.54, 1.807) is 24.3 Å². The molecule has 5 nitrogen and oxygen atoms in total. The number of carbonyl (C=O) groups is 2. The SMILES string of the molecule is O=C(O)CCCNC(=O)Oc1ccccc1. The van der Waals surface area contributed by atoms with Crippen molar-refractivity contribution in [2.45, 2.75) is 12.8 Å². The monoisotopic (exact) mass is 223 g/mol. The van der Waals surface area contributed by atoms with Crippen LogP contribution in [0, 0.1) is 0 Å². The highest BCUT2D eigenvalue weighted by Gasteiger charge is 2.03. The fourth-order valence-corrected chi connectivity index (χ4v) is 1.06. The third kappa shape index (κ3) is 4.99. The second-order valence-electron chi connectivity index (χ2n) is 3.13. The molecule has 0 spiro atoms. The highest BCUT2D eigenvalue weighted by molar-refractivity contribution is 5.70. The molecule has 0 heterocycles. The summed E-state index contributed by atoms with van der Waals surface area (Å²) in [4.78, 5) is 21.4. The molecule has 16 heavy (non-hydrogen) atoms. The van der Waals surface area contributed by atoms with Crippen molar-refractivity contribution in [3.05, 3.63) is 30.3 Å². The molecule has 2 N–H and O–H groups in total. The number of amides is 1. The lowest BCUT2D eigenvalue weighted by atomic mass is 10.3. The minimum Gasteiger partial charge on any atom is -0.481 e. The van der Waals surface area contributed by atoms with Gasteiger partial charge < -0.3 is 15.2 Å². The molecule has 0 saturated heterocycles. The summed E-state index contributed by atoms with van der Waals surface area (Å²) >= 11 is 0. The standard InChI is InChI=1S/C11H13NO4/c13-10(14)7-4-8-12-11(15)16-9-5-2-1-3-6-9/h1-3,5-6H,4,7-8H2,(H,12,15)(H,13,14). The van der Waals surface area contributed by atoms with E-state index < -0.39 is 12.1 Å². The predicted octanol–water partition coefficient (Wildman–Crippen LogP) is 1.64. The minimum absolute atomic E-state index is 0.0334. The average molecular weight is 223 g/mol. The van der Waals surface area contributed by atoms with Crippen LogP contribution in [0.3, 0.4) is 0 Å². The first-order chi connectivity index (χ1) is 7.68. The normalized spacial score (nSPS) is 9.50. The number of carbonyl (C=O) groups excluding carboxylic acids is 1. The summed E-state index contributed by atoms with van der Waals surface area (Å²) in [6.45, 7) is 0.290. The van der Waals surface area contributed by atoms with E-state index in [0.29, 0.717) is 12.2 Å².